The molecule has 0 amide bonds. The molecule has 0 unspecified atom stereocenters. The summed E-state index contributed by atoms with van der Waals surface area (Å²) in [6.07, 6.45) is 0. The van der Waals surface area contributed by atoms with Crippen LogP contribution in [0.1, 0.15) is 6.92 Å². The van der Waals surface area contributed by atoms with Crippen LogP contribution in [0.15, 0.2) is 0 Å². The fourth-order valence-electron chi connectivity index (χ4n) is 0. The summed E-state index contributed by atoms with van der Waals surface area (Å²) in [5, 5.41) is 7.57. The van der Waals surface area contributed by atoms with Gasteiger partial charge >= 0.3 is 0 Å². The van der Waals surface area contributed by atoms with Crippen LogP contribution in [0.4, 0.5) is 0 Å². The van der Waals surface area contributed by atoms with Gasteiger partial charge in [-0.15, -0.1) is 0 Å². The van der Waals surface area contributed by atoms with Gasteiger partial charge in [-0.2, -0.15) is 0 Å². The van der Waals surface area contributed by atoms with Gasteiger partial charge in [-0.1, -0.05) is 0 Å². The molecule has 0 saturated carbocycles. The molecule has 0 spiro atoms. The molecule has 0 fully saturated rings. The molecule has 0 bridgehead atoms. The molecule has 0 aliphatic carbocycles. The van der Waals surface area contributed by atoms with Crippen LogP contribution in [0.3, 0.4) is 0 Å². The summed E-state index contributed by atoms with van der Waals surface area (Å²) in [6.45, 7) is 1.93. The second-order valence-corrected chi connectivity index (χ2v) is 0.316. The summed E-state index contributed by atoms with van der Waals surface area (Å²) in [5.41, 5.74) is 0. The van der Waals surface area contributed by atoms with Crippen LogP contribution in [0.5, 0.6) is 0 Å². The van der Waals surface area contributed by atoms with Gasteiger partial charge in [0.15, 0.2) is 0 Å². The molecule has 1 N–H and O–H groups in total. The van der Waals surface area contributed by atoms with Gasteiger partial charge in [-0.3, -0.25) is 0 Å². The molecule has 0 aromatic heterocycles. The molecule has 1 nitrogen and oxygen atoms in total. The molecule has 0 radical (unpaired) electrons. The Morgan fingerprint density at radius 3 is 1.75 bits per heavy atom. The average Bonchev–Trinajstić information content (AvgIpc) is 0.918. The van der Waals surface area contributed by atoms with Crippen LogP contribution in [0.25, 0.3) is 0 Å². The Morgan fingerprint density at radius 2 is 1.75 bits per heavy atom. The van der Waals surface area contributed by atoms with Crippen molar-refractivity contribution in [2.75, 3.05) is 6.61 Å². The Bertz CT molecular complexity index is 6.00. The van der Waals surface area contributed by atoms with Crippen LogP contribution in [0.2, 0.25) is 0 Å². The first-order valence-corrected chi connectivity index (χ1v) is 1.02. The minimum atomic E-state index is 0. The van der Waals surface area contributed by atoms with Crippen molar-refractivity contribution in [2.24, 2.45) is 0 Å². The van der Waals surface area contributed by atoms with Gasteiger partial charge in [-0.25, -0.2) is 0 Å². The van der Waals surface area contributed by atoms with E-state index < -0.39 is 0 Å². The number of rotatable bonds is 0. The quantitative estimate of drug-likeness (QED) is 0.587. The molecule has 2 heteroatoms. The van der Waals surface area contributed by atoms with Crippen molar-refractivity contribution >= 4 is 0 Å². The molecule has 0 aromatic carbocycles. The van der Waals surface area contributed by atoms with Crippen molar-refractivity contribution < 1.29 is 45.0 Å². The first-order valence-electron chi connectivity index (χ1n) is 1.02. The maximum Gasteiger partial charge on any atom is 0.0402 e. The Balaban J connectivity index is 0. The van der Waals surface area contributed by atoms with Crippen molar-refractivity contribution in [3.63, 3.8) is 0 Å². The molecule has 0 aliphatic rings. The van der Waals surface area contributed by atoms with Gasteiger partial charge < -0.3 is 5.11 Å². The molecule has 4 heavy (non-hydrogen) atoms. The Hall–Kier alpha value is 1.28. The zero-order chi connectivity index (χ0) is 2.71. The summed E-state index contributed by atoms with van der Waals surface area (Å²) < 4.78 is 0. The standard InChI is InChI=1S/C2H6O.Gd/c1-2-3;/h3H,2H2,1H3;. The monoisotopic (exact) mass is 204 g/mol. The van der Waals surface area contributed by atoms with E-state index in [0.29, 0.717) is 0 Å². The van der Waals surface area contributed by atoms with E-state index in [4.69, 9.17) is 5.11 Å². The number of aliphatic hydroxyl groups is 1. The van der Waals surface area contributed by atoms with E-state index in [1.54, 1.807) is 6.92 Å². The van der Waals surface area contributed by atoms with E-state index >= 15 is 0 Å². The van der Waals surface area contributed by atoms with Gasteiger partial charge in [0.25, 0.3) is 0 Å². The van der Waals surface area contributed by atoms with Crippen molar-refractivity contribution in [3.8, 4) is 0 Å². The molecular formula is C2H6GdO. The molecule has 0 heterocycles. The van der Waals surface area contributed by atoms with Crippen LogP contribution < -0.4 is 0 Å². The Morgan fingerprint density at radius 1 is 1.75 bits per heavy atom. The van der Waals surface area contributed by atoms with E-state index in [2.05, 4.69) is 0 Å². The minimum Gasteiger partial charge on any atom is -0.397 e. The van der Waals surface area contributed by atoms with Gasteiger partial charge in [0.05, 0.1) is 0 Å². The number of aliphatic hydroxyl groups excluding tert-OH is 1. The maximum absolute atomic E-state index is 7.57. The molecular weight excluding hydrogens is 197 g/mol. The third-order valence-electron chi connectivity index (χ3n) is 0. The summed E-state index contributed by atoms with van der Waals surface area (Å²) in [4.78, 5) is 0. The smallest absolute Gasteiger partial charge is 0.0402 e. The molecule has 0 aromatic rings. The third kappa shape index (κ3) is 10.4. The summed E-state index contributed by atoms with van der Waals surface area (Å²) in [6, 6.07) is 0. The minimum absolute atomic E-state index is 0. The fraction of sp³-hybridized carbons (Fsp3) is 1.00. The Labute approximate surface area is 58.1 Å². The van der Waals surface area contributed by atoms with E-state index in [1.807, 2.05) is 0 Å². The van der Waals surface area contributed by atoms with Crippen LogP contribution in [-0.2, 0) is 0 Å². The second-order valence-electron chi connectivity index (χ2n) is 0.316. The zero-order valence-electron chi connectivity index (χ0n) is 2.51. The maximum atomic E-state index is 7.57. The predicted molar refractivity (Wildman–Crippen MR) is 12.8 cm³/mol. The number of hydrogen-bond acceptors (Lipinski definition) is 1. The number of hydrogen-bond donors (Lipinski definition) is 1. The van der Waals surface area contributed by atoms with Crippen LogP contribution in [-0.4, -0.2) is 11.7 Å². The molecule has 28 valence electrons. The molecule has 0 atom stereocenters. The average molecular weight is 203 g/mol. The zero-order valence-corrected chi connectivity index (χ0v) is 4.78. The largest absolute Gasteiger partial charge is 0.397 e. The van der Waals surface area contributed by atoms with Gasteiger partial charge in [0.2, 0.25) is 0 Å². The van der Waals surface area contributed by atoms with Crippen molar-refractivity contribution in [1.82, 2.24) is 0 Å². The van der Waals surface area contributed by atoms with Gasteiger partial charge in [-0.05, 0) is 6.92 Å². The first-order chi connectivity index (χ1) is 1.41. The van der Waals surface area contributed by atoms with E-state index in [1.165, 1.54) is 0 Å². The first kappa shape index (κ1) is 8.99. The normalized spacial score (nSPS) is 4.50. The van der Waals surface area contributed by atoms with Crippen molar-refractivity contribution in [1.29, 1.82) is 0 Å². The van der Waals surface area contributed by atoms with Crippen molar-refractivity contribution in [2.45, 2.75) is 6.92 Å². The van der Waals surface area contributed by atoms with Crippen molar-refractivity contribution in [3.05, 3.63) is 0 Å². The van der Waals surface area contributed by atoms with Gasteiger partial charge in [0.1, 0.15) is 0 Å². The van der Waals surface area contributed by atoms with Crippen LogP contribution in [0, 0.1) is 39.9 Å². The Kier molecular flexibility index (Phi) is 19.9. The molecule has 0 saturated heterocycles. The molecule has 0 rings (SSSR count). The summed E-state index contributed by atoms with van der Waals surface area (Å²) in [7, 11) is 0. The van der Waals surface area contributed by atoms with Gasteiger partial charge in [0, 0.05) is 46.5 Å². The third-order valence-corrected chi connectivity index (χ3v) is 0. The van der Waals surface area contributed by atoms with E-state index in [0.717, 1.165) is 0 Å². The van der Waals surface area contributed by atoms with E-state index in [-0.39, 0.29) is 46.5 Å². The molecule has 0 aliphatic heterocycles. The SMILES string of the molecule is CCO.[Gd]. The summed E-state index contributed by atoms with van der Waals surface area (Å²) >= 11 is 0. The second kappa shape index (κ2) is 8.86. The topological polar surface area (TPSA) is 20.2 Å². The van der Waals surface area contributed by atoms with E-state index in [9.17, 15) is 0 Å². The predicted octanol–water partition coefficient (Wildman–Crippen LogP) is -0.00140. The summed E-state index contributed by atoms with van der Waals surface area (Å²) in [5.74, 6) is 0. The fourth-order valence-corrected chi connectivity index (χ4v) is 0. The van der Waals surface area contributed by atoms with Crippen LogP contribution >= 0.6 is 0 Å².